The fourth-order valence-corrected chi connectivity index (χ4v) is 3.80. The van der Waals surface area contributed by atoms with Gasteiger partial charge >= 0.3 is 11.9 Å². The predicted molar refractivity (Wildman–Crippen MR) is 138 cm³/mol. The Morgan fingerprint density at radius 3 is 2.00 bits per heavy atom. The number of esters is 1. The Kier molecular flexibility index (Phi) is 15.4. The minimum absolute atomic E-state index is 0.0261. The average molecular weight is 474 g/mol. The lowest BCUT2D eigenvalue weighted by Gasteiger charge is -2.18. The molecule has 1 aromatic rings. The van der Waals surface area contributed by atoms with Gasteiger partial charge in [0.1, 0.15) is 11.3 Å². The number of aromatic carboxylic acids is 1. The van der Waals surface area contributed by atoms with Gasteiger partial charge in [0.15, 0.2) is 0 Å². The molecule has 0 unspecified atom stereocenters. The summed E-state index contributed by atoms with van der Waals surface area (Å²) in [5, 5.41) is 9.38. The second-order valence-corrected chi connectivity index (χ2v) is 8.87. The van der Waals surface area contributed by atoms with Crippen LogP contribution in [0.15, 0.2) is 30.4 Å². The molecule has 1 rings (SSSR count). The summed E-state index contributed by atoms with van der Waals surface area (Å²) in [6, 6.07) is 4.35. The van der Waals surface area contributed by atoms with E-state index in [9.17, 15) is 19.5 Å². The lowest BCUT2D eigenvalue weighted by molar-refractivity contribution is -0.131. The molecule has 0 spiro atoms. The highest BCUT2D eigenvalue weighted by molar-refractivity contribution is 5.97. The van der Waals surface area contributed by atoms with Gasteiger partial charge in [-0.2, -0.15) is 0 Å². The molecule has 34 heavy (non-hydrogen) atoms. The van der Waals surface area contributed by atoms with Gasteiger partial charge in [-0.05, 0) is 50.3 Å². The molecule has 0 saturated heterocycles. The smallest absolute Gasteiger partial charge is 0.339 e. The Morgan fingerprint density at radius 1 is 0.882 bits per heavy atom. The zero-order valence-electron chi connectivity index (χ0n) is 21.3. The minimum atomic E-state index is -1.21. The van der Waals surface area contributed by atoms with Crippen LogP contribution in [0.2, 0.25) is 0 Å². The number of anilines is 1. The summed E-state index contributed by atoms with van der Waals surface area (Å²) >= 11 is 0. The van der Waals surface area contributed by atoms with E-state index >= 15 is 0 Å². The summed E-state index contributed by atoms with van der Waals surface area (Å²) in [4.78, 5) is 36.6. The first-order valence-corrected chi connectivity index (χ1v) is 12.8. The van der Waals surface area contributed by atoms with Gasteiger partial charge in [-0.15, -0.1) is 0 Å². The zero-order chi connectivity index (χ0) is 25.2. The van der Waals surface area contributed by atoms with Gasteiger partial charge in [0.2, 0.25) is 5.91 Å². The maximum atomic E-state index is 12.5. The van der Waals surface area contributed by atoms with E-state index in [1.54, 1.807) is 13.1 Å². The molecule has 0 heterocycles. The van der Waals surface area contributed by atoms with Crippen molar-refractivity contribution in [1.82, 2.24) is 0 Å². The van der Waals surface area contributed by atoms with Crippen LogP contribution in [0.5, 0.6) is 5.75 Å². The number of amides is 1. The molecule has 0 aromatic heterocycles. The summed E-state index contributed by atoms with van der Waals surface area (Å²) in [5.41, 5.74) is 0.319. The fourth-order valence-electron chi connectivity index (χ4n) is 3.80. The van der Waals surface area contributed by atoms with Crippen LogP contribution in [-0.4, -0.2) is 30.0 Å². The quantitative estimate of drug-likeness (QED) is 0.105. The molecule has 0 saturated carbocycles. The van der Waals surface area contributed by atoms with Gasteiger partial charge in [0, 0.05) is 26.1 Å². The molecule has 1 aromatic carbocycles. The number of unbranched alkanes of at least 4 members (excludes halogenated alkanes) is 11. The van der Waals surface area contributed by atoms with Crippen molar-refractivity contribution in [2.75, 3.05) is 11.9 Å². The van der Waals surface area contributed by atoms with Gasteiger partial charge in [-0.1, -0.05) is 70.4 Å². The first kappa shape index (κ1) is 29.4. The Balaban J connectivity index is 2.21. The predicted octanol–water partition coefficient (Wildman–Crippen LogP) is 7.31. The number of benzene rings is 1. The van der Waals surface area contributed by atoms with Crippen LogP contribution < -0.4 is 9.64 Å². The standard InChI is InChI=1S/C28H43NO5/c1-4-5-6-7-8-9-10-11-12-13-14-15-16-17-18-19-27(31)29(3)24-20-21-26(34-23(2)30)25(22-24)28(32)33/h11-12,20-22H,4-10,13-19H2,1-3H3,(H,32,33). The fraction of sp³-hybridized carbons (Fsp3) is 0.607. The van der Waals surface area contributed by atoms with E-state index < -0.39 is 11.9 Å². The number of carbonyl (C=O) groups excluding carboxylic acids is 2. The van der Waals surface area contributed by atoms with E-state index in [4.69, 9.17) is 4.74 Å². The van der Waals surface area contributed by atoms with Crippen LogP contribution >= 0.6 is 0 Å². The lowest BCUT2D eigenvalue weighted by atomic mass is 10.1. The molecular formula is C28H43NO5. The summed E-state index contributed by atoms with van der Waals surface area (Å²) in [5.74, 6) is -1.89. The van der Waals surface area contributed by atoms with Gasteiger partial charge < -0.3 is 14.7 Å². The molecule has 0 aliphatic heterocycles. The number of ether oxygens (including phenoxy) is 1. The second-order valence-electron chi connectivity index (χ2n) is 8.87. The summed E-state index contributed by atoms with van der Waals surface area (Å²) in [6.07, 6.45) is 20.7. The summed E-state index contributed by atoms with van der Waals surface area (Å²) < 4.78 is 4.93. The van der Waals surface area contributed by atoms with Crippen molar-refractivity contribution < 1.29 is 24.2 Å². The second kappa shape index (κ2) is 17.8. The summed E-state index contributed by atoms with van der Waals surface area (Å²) in [7, 11) is 1.63. The third-order valence-corrected chi connectivity index (χ3v) is 5.86. The SMILES string of the molecule is CCCCCCCCC=CCCCCCCCC(=O)N(C)c1ccc(OC(C)=O)c(C(=O)O)c1. The minimum Gasteiger partial charge on any atom is -0.478 e. The molecule has 6 nitrogen and oxygen atoms in total. The van der Waals surface area contributed by atoms with Crippen molar-refractivity contribution in [2.45, 2.75) is 104 Å². The van der Waals surface area contributed by atoms with Crippen molar-refractivity contribution in [3.05, 3.63) is 35.9 Å². The molecule has 6 heteroatoms. The van der Waals surface area contributed by atoms with Gasteiger partial charge in [-0.3, -0.25) is 9.59 Å². The number of carboxylic acid groups (broad SMARTS) is 1. The van der Waals surface area contributed by atoms with Gasteiger partial charge in [0.05, 0.1) is 0 Å². The maximum absolute atomic E-state index is 12.5. The molecule has 0 fully saturated rings. The highest BCUT2D eigenvalue weighted by Gasteiger charge is 2.17. The number of hydrogen-bond donors (Lipinski definition) is 1. The molecule has 0 aliphatic rings. The summed E-state index contributed by atoms with van der Waals surface area (Å²) in [6.45, 7) is 3.46. The first-order chi connectivity index (χ1) is 16.4. The number of nitrogens with zero attached hydrogens (tertiary/aromatic N) is 1. The van der Waals surface area contributed by atoms with Crippen LogP contribution in [0.4, 0.5) is 5.69 Å². The van der Waals surface area contributed by atoms with Crippen molar-refractivity contribution in [1.29, 1.82) is 0 Å². The molecule has 0 radical (unpaired) electrons. The number of hydrogen-bond acceptors (Lipinski definition) is 4. The number of allylic oxidation sites excluding steroid dienone is 2. The molecule has 0 aliphatic carbocycles. The topological polar surface area (TPSA) is 83.9 Å². The van der Waals surface area contributed by atoms with E-state index in [2.05, 4.69) is 19.1 Å². The Labute approximate surface area is 205 Å². The van der Waals surface area contributed by atoms with Crippen LogP contribution in [0.3, 0.4) is 0 Å². The number of carbonyl (C=O) groups is 3. The van der Waals surface area contributed by atoms with Gasteiger partial charge in [-0.25, -0.2) is 4.79 Å². The van der Waals surface area contributed by atoms with E-state index in [-0.39, 0.29) is 17.2 Å². The van der Waals surface area contributed by atoms with Crippen LogP contribution in [0.1, 0.15) is 114 Å². The van der Waals surface area contributed by atoms with Crippen LogP contribution in [-0.2, 0) is 9.59 Å². The molecule has 1 amide bonds. The largest absolute Gasteiger partial charge is 0.478 e. The average Bonchev–Trinajstić information content (AvgIpc) is 2.80. The number of rotatable bonds is 18. The molecular weight excluding hydrogens is 430 g/mol. The third-order valence-electron chi connectivity index (χ3n) is 5.86. The van der Waals surface area contributed by atoms with Crippen LogP contribution in [0, 0.1) is 0 Å². The van der Waals surface area contributed by atoms with Crippen LogP contribution in [0.25, 0.3) is 0 Å². The third kappa shape index (κ3) is 12.6. The monoisotopic (exact) mass is 473 g/mol. The molecule has 0 atom stereocenters. The van der Waals surface area contributed by atoms with E-state index in [1.165, 1.54) is 81.7 Å². The van der Waals surface area contributed by atoms with Crippen molar-refractivity contribution in [2.24, 2.45) is 0 Å². The van der Waals surface area contributed by atoms with Gasteiger partial charge in [0.25, 0.3) is 0 Å². The highest BCUT2D eigenvalue weighted by Crippen LogP contribution is 2.26. The first-order valence-electron chi connectivity index (χ1n) is 12.8. The number of carboxylic acids is 1. The normalized spacial score (nSPS) is 11.0. The van der Waals surface area contributed by atoms with Crippen molar-refractivity contribution in [3.8, 4) is 5.75 Å². The Bertz CT molecular complexity index is 787. The van der Waals surface area contributed by atoms with E-state index in [0.29, 0.717) is 12.1 Å². The van der Waals surface area contributed by atoms with E-state index in [0.717, 1.165) is 25.7 Å². The van der Waals surface area contributed by atoms with E-state index in [1.807, 2.05) is 0 Å². The molecule has 190 valence electrons. The lowest BCUT2D eigenvalue weighted by Crippen LogP contribution is -2.26. The Hall–Kier alpha value is -2.63. The maximum Gasteiger partial charge on any atom is 0.339 e. The Morgan fingerprint density at radius 2 is 1.44 bits per heavy atom. The zero-order valence-corrected chi connectivity index (χ0v) is 21.3. The molecule has 1 N–H and O–H groups in total. The molecule has 0 bridgehead atoms. The highest BCUT2D eigenvalue weighted by atomic mass is 16.5. The van der Waals surface area contributed by atoms with Crippen molar-refractivity contribution in [3.63, 3.8) is 0 Å². The van der Waals surface area contributed by atoms with Crippen molar-refractivity contribution >= 4 is 23.5 Å².